The van der Waals surface area contributed by atoms with Gasteiger partial charge in [-0.1, -0.05) is 6.07 Å². The molecule has 0 aromatic carbocycles. The van der Waals surface area contributed by atoms with Crippen LogP contribution in [0.3, 0.4) is 0 Å². The average Bonchev–Trinajstić information content (AvgIpc) is 2.96. The van der Waals surface area contributed by atoms with Crippen molar-refractivity contribution in [1.29, 1.82) is 0 Å². The second-order valence-corrected chi connectivity index (χ2v) is 8.04. The number of aromatic nitrogens is 2. The van der Waals surface area contributed by atoms with Gasteiger partial charge in [-0.3, -0.25) is 14.1 Å². The maximum Gasteiger partial charge on any atom is 0.410 e. The Morgan fingerprint density at radius 1 is 1.18 bits per heavy atom. The summed E-state index contributed by atoms with van der Waals surface area (Å²) in [6.07, 6.45) is 1.59. The van der Waals surface area contributed by atoms with Crippen molar-refractivity contribution in [1.82, 2.24) is 24.5 Å². The first kappa shape index (κ1) is 20.1. The van der Waals surface area contributed by atoms with Gasteiger partial charge in [-0.15, -0.1) is 0 Å². The average molecular weight is 387 g/mol. The fourth-order valence-electron chi connectivity index (χ4n) is 3.28. The molecule has 0 spiro atoms. The lowest BCUT2D eigenvalue weighted by molar-refractivity contribution is 0.0147. The minimum absolute atomic E-state index is 0.122. The first-order valence-corrected chi connectivity index (χ1v) is 9.67. The van der Waals surface area contributed by atoms with Crippen LogP contribution in [0.5, 0.6) is 0 Å². The molecule has 3 rings (SSSR count). The van der Waals surface area contributed by atoms with Gasteiger partial charge in [0.1, 0.15) is 16.9 Å². The Hall–Kier alpha value is -2.61. The van der Waals surface area contributed by atoms with Gasteiger partial charge in [-0.2, -0.15) is 0 Å². The van der Waals surface area contributed by atoms with Crippen molar-refractivity contribution in [3.05, 3.63) is 35.8 Å². The van der Waals surface area contributed by atoms with Crippen molar-refractivity contribution < 1.29 is 14.3 Å². The van der Waals surface area contributed by atoms with Gasteiger partial charge in [0.2, 0.25) is 0 Å². The summed E-state index contributed by atoms with van der Waals surface area (Å²) in [5.74, 6) is -0.122. The van der Waals surface area contributed by atoms with E-state index in [-0.39, 0.29) is 12.0 Å². The smallest absolute Gasteiger partial charge is 0.410 e. The van der Waals surface area contributed by atoms with E-state index in [0.717, 1.165) is 31.0 Å². The van der Waals surface area contributed by atoms with Gasteiger partial charge in [0, 0.05) is 45.5 Å². The Balaban J connectivity index is 1.45. The number of hydrogen-bond donors (Lipinski definition) is 1. The third kappa shape index (κ3) is 4.81. The van der Waals surface area contributed by atoms with E-state index in [4.69, 9.17) is 4.74 Å². The minimum atomic E-state index is -0.478. The number of aryl methyl sites for hydroxylation is 1. The van der Waals surface area contributed by atoms with Crippen LogP contribution >= 0.6 is 0 Å². The summed E-state index contributed by atoms with van der Waals surface area (Å²) in [6, 6.07) is 5.67. The predicted molar refractivity (Wildman–Crippen MR) is 107 cm³/mol. The van der Waals surface area contributed by atoms with Gasteiger partial charge in [-0.05, 0) is 39.8 Å². The van der Waals surface area contributed by atoms with E-state index >= 15 is 0 Å². The highest BCUT2D eigenvalue weighted by Gasteiger charge is 2.25. The molecule has 3 heterocycles. The summed E-state index contributed by atoms with van der Waals surface area (Å²) in [5.41, 5.74) is 1.58. The molecule has 28 heavy (non-hydrogen) atoms. The Morgan fingerprint density at radius 2 is 1.89 bits per heavy atom. The maximum absolute atomic E-state index is 12.6. The molecule has 152 valence electrons. The lowest BCUT2D eigenvalue weighted by Gasteiger charge is -2.35. The lowest BCUT2D eigenvalue weighted by Crippen LogP contribution is -2.51. The second-order valence-electron chi connectivity index (χ2n) is 8.04. The molecule has 1 fully saturated rings. The second kappa shape index (κ2) is 8.18. The molecule has 0 saturated carbocycles. The number of nitrogens with one attached hydrogen (secondary N) is 1. The molecule has 2 aromatic rings. The van der Waals surface area contributed by atoms with Crippen LogP contribution in [-0.2, 0) is 4.74 Å². The molecular weight excluding hydrogens is 358 g/mol. The summed E-state index contributed by atoms with van der Waals surface area (Å²) in [5, 5.41) is 2.98. The van der Waals surface area contributed by atoms with Crippen LogP contribution in [0.4, 0.5) is 4.79 Å². The zero-order valence-electron chi connectivity index (χ0n) is 17.1. The molecule has 8 nitrogen and oxygen atoms in total. The molecule has 1 N–H and O–H groups in total. The van der Waals surface area contributed by atoms with Crippen molar-refractivity contribution in [2.45, 2.75) is 33.3 Å². The fraction of sp³-hybridized carbons (Fsp3) is 0.550. The first-order chi connectivity index (χ1) is 13.2. The van der Waals surface area contributed by atoms with Gasteiger partial charge in [0.25, 0.3) is 5.91 Å². The topological polar surface area (TPSA) is 79.2 Å². The molecular formula is C20H29N5O3. The van der Waals surface area contributed by atoms with E-state index in [9.17, 15) is 9.59 Å². The molecule has 8 heteroatoms. The van der Waals surface area contributed by atoms with E-state index in [2.05, 4.69) is 15.2 Å². The number of ether oxygens (including phenoxy) is 1. The lowest BCUT2D eigenvalue weighted by atomic mass is 10.2. The largest absolute Gasteiger partial charge is 0.444 e. The van der Waals surface area contributed by atoms with E-state index in [1.54, 1.807) is 4.90 Å². The van der Waals surface area contributed by atoms with E-state index in [1.807, 2.05) is 56.5 Å². The summed E-state index contributed by atoms with van der Waals surface area (Å²) >= 11 is 0. The van der Waals surface area contributed by atoms with Crippen LogP contribution in [0.1, 0.15) is 37.0 Å². The SMILES string of the molecule is Cc1nc2ccccn2c1C(=O)NCCN1CCN(C(=O)OC(C)(C)C)CC1. The van der Waals surface area contributed by atoms with Crippen LogP contribution in [0, 0.1) is 6.92 Å². The zero-order valence-corrected chi connectivity index (χ0v) is 17.1. The number of hydrogen-bond acceptors (Lipinski definition) is 5. The number of nitrogens with zero attached hydrogens (tertiary/aromatic N) is 4. The zero-order chi connectivity index (χ0) is 20.3. The number of carbonyl (C=O) groups is 2. The van der Waals surface area contributed by atoms with Gasteiger partial charge in [0.15, 0.2) is 0 Å². The monoisotopic (exact) mass is 387 g/mol. The molecule has 0 bridgehead atoms. The van der Waals surface area contributed by atoms with Gasteiger partial charge in [0.05, 0.1) is 5.69 Å². The number of rotatable bonds is 4. The summed E-state index contributed by atoms with van der Waals surface area (Å²) in [4.78, 5) is 33.1. The van der Waals surface area contributed by atoms with Crippen LogP contribution in [0.25, 0.3) is 5.65 Å². The predicted octanol–water partition coefficient (Wildman–Crippen LogP) is 1.93. The van der Waals surface area contributed by atoms with Gasteiger partial charge >= 0.3 is 6.09 Å². The first-order valence-electron chi connectivity index (χ1n) is 9.67. The van der Waals surface area contributed by atoms with Gasteiger partial charge in [-0.25, -0.2) is 9.78 Å². The third-order valence-electron chi connectivity index (χ3n) is 4.66. The number of pyridine rings is 1. The number of amides is 2. The molecule has 0 aliphatic carbocycles. The van der Waals surface area contributed by atoms with E-state index in [0.29, 0.717) is 25.3 Å². The Bertz CT molecular complexity index is 847. The van der Waals surface area contributed by atoms with E-state index in [1.165, 1.54) is 0 Å². The highest BCUT2D eigenvalue weighted by molar-refractivity contribution is 5.94. The summed E-state index contributed by atoms with van der Waals surface area (Å²) in [7, 11) is 0. The molecule has 0 unspecified atom stereocenters. The van der Waals surface area contributed by atoms with Crippen molar-refractivity contribution in [3.63, 3.8) is 0 Å². The van der Waals surface area contributed by atoms with Crippen LogP contribution in [0.15, 0.2) is 24.4 Å². The minimum Gasteiger partial charge on any atom is -0.444 e. The maximum atomic E-state index is 12.6. The highest BCUT2D eigenvalue weighted by atomic mass is 16.6. The number of imidazole rings is 1. The van der Waals surface area contributed by atoms with Crippen LogP contribution < -0.4 is 5.32 Å². The molecule has 2 amide bonds. The summed E-state index contributed by atoms with van der Waals surface area (Å²) in [6.45, 7) is 11.5. The third-order valence-corrected chi connectivity index (χ3v) is 4.66. The molecule has 1 aliphatic rings. The fourth-order valence-corrected chi connectivity index (χ4v) is 3.28. The highest BCUT2D eigenvalue weighted by Crippen LogP contribution is 2.13. The van der Waals surface area contributed by atoms with Crippen molar-refractivity contribution in [2.24, 2.45) is 0 Å². The van der Waals surface area contributed by atoms with Crippen LogP contribution in [0.2, 0.25) is 0 Å². The van der Waals surface area contributed by atoms with Crippen molar-refractivity contribution >= 4 is 17.6 Å². The molecule has 1 saturated heterocycles. The number of piperazine rings is 1. The number of carbonyl (C=O) groups excluding carboxylic acids is 2. The Labute approximate surface area is 165 Å². The Morgan fingerprint density at radius 3 is 2.57 bits per heavy atom. The normalized spacial score (nSPS) is 15.6. The molecule has 1 aliphatic heterocycles. The molecule has 0 radical (unpaired) electrons. The van der Waals surface area contributed by atoms with Gasteiger partial charge < -0.3 is 15.0 Å². The quantitative estimate of drug-likeness (QED) is 0.867. The van der Waals surface area contributed by atoms with Crippen LogP contribution in [-0.4, -0.2) is 76.1 Å². The van der Waals surface area contributed by atoms with Crippen molar-refractivity contribution in [2.75, 3.05) is 39.3 Å². The Kier molecular flexibility index (Phi) is 5.88. The van der Waals surface area contributed by atoms with E-state index < -0.39 is 5.60 Å². The molecule has 2 aromatic heterocycles. The standard InChI is InChI=1S/C20H29N5O3/c1-15-17(25-9-6-5-7-16(25)22-15)18(26)21-8-10-23-11-13-24(14-12-23)19(27)28-20(2,3)4/h5-7,9H,8,10-14H2,1-4H3,(H,21,26). The summed E-state index contributed by atoms with van der Waals surface area (Å²) < 4.78 is 7.23. The number of fused-ring (bicyclic) bond motifs is 1. The van der Waals surface area contributed by atoms with Crippen molar-refractivity contribution in [3.8, 4) is 0 Å². The molecule has 0 atom stereocenters.